The molecule has 0 spiro atoms. The zero-order valence-corrected chi connectivity index (χ0v) is 16.7. The molecule has 5 nitrogen and oxygen atoms in total. The number of nitro groups is 1. The van der Waals surface area contributed by atoms with E-state index in [2.05, 4.69) is 22.6 Å². The second-order valence-electron chi connectivity index (χ2n) is 4.05. The Morgan fingerprint density at radius 1 is 1.30 bits per heavy atom. The van der Waals surface area contributed by atoms with Crippen LogP contribution < -0.4 is 4.74 Å². The number of Topliss-reactive ketones (excluding diaryl/α,β-unsaturated/α-hetero) is 1. The van der Waals surface area contributed by atoms with Crippen molar-refractivity contribution < 1.29 is 14.5 Å². The quantitative estimate of drug-likeness (QED) is 0.269. The van der Waals surface area contributed by atoms with Crippen molar-refractivity contribution in [3.05, 3.63) is 53.8 Å². The van der Waals surface area contributed by atoms with Crippen molar-refractivity contribution >= 4 is 45.4 Å². The summed E-state index contributed by atoms with van der Waals surface area (Å²) in [7, 11) is 1.57. The molecule has 1 heterocycles. The van der Waals surface area contributed by atoms with Crippen LogP contribution >= 0.6 is 33.9 Å². The van der Waals surface area contributed by atoms with Crippen molar-refractivity contribution in [2.45, 2.75) is 27.7 Å². The number of nitro benzene ring substituents is 1. The number of methoxy groups -OCH3 is 1. The second-order valence-corrected chi connectivity index (χ2v) is 6.99. The Kier molecular flexibility index (Phi) is 10.4. The molecule has 0 N–H and O–H groups in total. The number of carbonyl (C=O) groups is 1. The summed E-state index contributed by atoms with van der Waals surface area (Å²) in [4.78, 5) is 21.5. The van der Waals surface area contributed by atoms with Gasteiger partial charge in [0, 0.05) is 24.6 Å². The molecule has 0 amide bonds. The number of ether oxygens (including phenoxy) is 1. The van der Waals surface area contributed by atoms with Crippen molar-refractivity contribution in [3.63, 3.8) is 0 Å². The molecule has 1 aromatic heterocycles. The Morgan fingerprint density at radius 2 is 1.87 bits per heavy atom. The minimum Gasteiger partial charge on any atom is -0.495 e. The Balaban J connectivity index is 0.000000381. The van der Waals surface area contributed by atoms with Crippen LogP contribution in [-0.4, -0.2) is 17.8 Å². The van der Waals surface area contributed by atoms with E-state index in [1.54, 1.807) is 39.2 Å². The third-order valence-electron chi connectivity index (χ3n) is 2.52. The third kappa shape index (κ3) is 7.08. The van der Waals surface area contributed by atoms with E-state index in [1.807, 2.05) is 19.9 Å². The molecule has 1 aromatic carbocycles. The molecule has 2 rings (SSSR count). The lowest BCUT2D eigenvalue weighted by atomic mass is 10.2. The van der Waals surface area contributed by atoms with Gasteiger partial charge in [-0.05, 0) is 29.5 Å². The molecule has 2 aromatic rings. The van der Waals surface area contributed by atoms with Gasteiger partial charge in [0.25, 0.3) is 5.69 Å². The van der Waals surface area contributed by atoms with Crippen LogP contribution in [0.1, 0.15) is 36.0 Å². The highest BCUT2D eigenvalue weighted by Gasteiger charge is 2.11. The molecule has 126 valence electrons. The van der Waals surface area contributed by atoms with Crippen LogP contribution in [0, 0.1) is 19.9 Å². The molecule has 0 aliphatic rings. The Labute approximate surface area is 154 Å². The second kappa shape index (κ2) is 11.1. The molecule has 7 heteroatoms. The average Bonchev–Trinajstić information content (AvgIpc) is 2.91. The molecule has 0 bridgehead atoms. The Hall–Kier alpha value is -1.48. The van der Waals surface area contributed by atoms with Crippen molar-refractivity contribution in [1.29, 1.82) is 0 Å². The summed E-state index contributed by atoms with van der Waals surface area (Å²) in [5.74, 6) is 0.752. The number of hydrogen-bond acceptors (Lipinski definition) is 5. The van der Waals surface area contributed by atoms with E-state index in [1.165, 1.54) is 17.4 Å². The number of carbonyl (C=O) groups excluding carboxylic acids is 1. The summed E-state index contributed by atoms with van der Waals surface area (Å²) in [6.45, 7) is 7.27. The van der Waals surface area contributed by atoms with Crippen molar-refractivity contribution in [2.24, 2.45) is 0 Å². The summed E-state index contributed by atoms with van der Waals surface area (Å²) in [5.41, 5.74) is 0.884. The van der Waals surface area contributed by atoms with Crippen LogP contribution in [0.5, 0.6) is 5.75 Å². The molecule has 0 fully saturated rings. The lowest BCUT2D eigenvalue weighted by molar-refractivity contribution is -0.385. The number of rotatable bonds is 3. The van der Waals surface area contributed by atoms with Gasteiger partial charge >= 0.3 is 0 Å². The van der Waals surface area contributed by atoms with Crippen LogP contribution in [0.4, 0.5) is 5.69 Å². The summed E-state index contributed by atoms with van der Waals surface area (Å²) in [5, 5.41) is 10.2. The topological polar surface area (TPSA) is 69.4 Å². The van der Waals surface area contributed by atoms with Gasteiger partial charge in [-0.1, -0.05) is 32.0 Å². The van der Waals surface area contributed by atoms with Crippen molar-refractivity contribution in [2.75, 3.05) is 7.11 Å². The summed E-state index contributed by atoms with van der Waals surface area (Å²) in [6.07, 6.45) is 0. The molecule has 23 heavy (non-hydrogen) atoms. The van der Waals surface area contributed by atoms with Crippen LogP contribution in [0.25, 0.3) is 0 Å². The van der Waals surface area contributed by atoms with E-state index >= 15 is 0 Å². The van der Waals surface area contributed by atoms with E-state index in [-0.39, 0.29) is 16.4 Å². The highest BCUT2D eigenvalue weighted by molar-refractivity contribution is 14.1. The largest absolute Gasteiger partial charge is 0.495 e. The van der Waals surface area contributed by atoms with Crippen LogP contribution in [-0.2, 0) is 0 Å². The monoisotopic (exact) mass is 449 g/mol. The minimum absolute atomic E-state index is 0.0646. The van der Waals surface area contributed by atoms with Gasteiger partial charge in [0.15, 0.2) is 5.78 Å². The molecular formula is C16H20INO4S. The fraction of sp³-hybridized carbons (Fsp3) is 0.312. The number of para-hydroxylation sites is 1. The van der Waals surface area contributed by atoms with Gasteiger partial charge < -0.3 is 4.74 Å². The van der Waals surface area contributed by atoms with Gasteiger partial charge in [-0.25, -0.2) is 0 Å². The minimum atomic E-state index is -0.380. The number of thiophene rings is 1. The summed E-state index contributed by atoms with van der Waals surface area (Å²) in [6, 6.07) is 8.52. The average molecular weight is 449 g/mol. The van der Waals surface area contributed by atoms with Gasteiger partial charge in [-0.15, -0.1) is 11.3 Å². The molecule has 0 aliphatic carbocycles. The lowest BCUT2D eigenvalue weighted by Gasteiger charge is -1.95. The highest BCUT2D eigenvalue weighted by Crippen LogP contribution is 2.30. The summed E-state index contributed by atoms with van der Waals surface area (Å²) >= 11 is 3.63. The van der Waals surface area contributed by atoms with Gasteiger partial charge in [-0.3, -0.25) is 14.9 Å². The molecule has 0 radical (unpaired) electrons. The lowest BCUT2D eigenvalue weighted by Crippen LogP contribution is -1.90. The number of benzene rings is 1. The maximum absolute atomic E-state index is 11.0. The normalized spacial score (nSPS) is 8.96. The van der Waals surface area contributed by atoms with Gasteiger partial charge in [0.2, 0.25) is 0 Å². The highest BCUT2D eigenvalue weighted by atomic mass is 127. The Bertz CT molecular complexity index is 655. The van der Waals surface area contributed by atoms with E-state index in [0.29, 0.717) is 16.2 Å². The first-order chi connectivity index (χ1) is 10.9. The summed E-state index contributed by atoms with van der Waals surface area (Å²) < 4.78 is 6.09. The van der Waals surface area contributed by atoms with Crippen LogP contribution in [0.15, 0.2) is 30.3 Å². The smallest absolute Gasteiger partial charge is 0.272 e. The maximum atomic E-state index is 11.0. The molecule has 0 aliphatic heterocycles. The molecular weight excluding hydrogens is 429 g/mol. The first-order valence-corrected chi connectivity index (χ1v) is 8.80. The van der Waals surface area contributed by atoms with Gasteiger partial charge in [0.1, 0.15) is 10.6 Å². The standard InChI is InChI=1S/C7H7IO2S.C7H7NO2.C2H6/c1-4(9)7-5(10-2)3-6(8)11-7;1-6-4-2-3-5-7(6)8(9)10;1-2/h3H,1-2H3;2-5H,1H3;1-2H3. The van der Waals surface area contributed by atoms with E-state index < -0.39 is 0 Å². The van der Waals surface area contributed by atoms with E-state index in [4.69, 9.17) is 4.74 Å². The van der Waals surface area contributed by atoms with Gasteiger partial charge in [0.05, 0.1) is 14.9 Å². The zero-order valence-electron chi connectivity index (χ0n) is 13.8. The fourth-order valence-corrected chi connectivity index (χ4v) is 3.20. The molecule has 0 atom stereocenters. The molecule has 0 saturated carbocycles. The van der Waals surface area contributed by atoms with Crippen molar-refractivity contribution in [3.8, 4) is 5.75 Å². The number of halogens is 1. The van der Waals surface area contributed by atoms with Crippen LogP contribution in [0.2, 0.25) is 0 Å². The number of nitrogens with zero attached hydrogens (tertiary/aromatic N) is 1. The van der Waals surface area contributed by atoms with E-state index in [9.17, 15) is 14.9 Å². The Morgan fingerprint density at radius 3 is 2.22 bits per heavy atom. The first-order valence-electron chi connectivity index (χ1n) is 6.91. The van der Waals surface area contributed by atoms with Gasteiger partial charge in [-0.2, -0.15) is 0 Å². The number of ketones is 1. The number of aryl methyl sites for hydroxylation is 1. The van der Waals surface area contributed by atoms with Crippen LogP contribution in [0.3, 0.4) is 0 Å². The fourth-order valence-electron chi connectivity index (χ4n) is 1.51. The molecule has 0 unspecified atom stereocenters. The molecule has 0 saturated heterocycles. The zero-order chi connectivity index (χ0) is 18.0. The number of hydrogen-bond donors (Lipinski definition) is 0. The van der Waals surface area contributed by atoms with Crippen molar-refractivity contribution in [1.82, 2.24) is 0 Å². The first kappa shape index (κ1) is 21.5. The third-order valence-corrected chi connectivity index (χ3v) is 4.50. The predicted octanol–water partition coefficient (Wildman–Crippen LogP) is 5.49. The maximum Gasteiger partial charge on any atom is 0.272 e. The van der Waals surface area contributed by atoms with E-state index in [0.717, 1.165) is 2.88 Å². The SMILES string of the molecule is CC.COc1cc(I)sc1C(C)=O.Cc1ccccc1[N+](=O)[O-]. The predicted molar refractivity (Wildman–Crippen MR) is 103 cm³/mol.